The number of methoxy groups -OCH3 is 1. The van der Waals surface area contributed by atoms with Crippen LogP contribution in [0.25, 0.3) is 0 Å². The molecule has 0 aliphatic carbocycles. The Kier molecular flexibility index (Phi) is 4.25. The van der Waals surface area contributed by atoms with E-state index in [1.807, 2.05) is 5.38 Å². The van der Waals surface area contributed by atoms with Crippen LogP contribution >= 0.6 is 11.3 Å². The first-order valence-corrected chi connectivity index (χ1v) is 7.14. The van der Waals surface area contributed by atoms with Gasteiger partial charge in [-0.1, -0.05) is 0 Å². The Morgan fingerprint density at radius 1 is 1.55 bits per heavy atom. The Balaban J connectivity index is 2.06. The minimum Gasteiger partial charge on any atom is -0.465 e. The Bertz CT molecular complexity index is 588. The van der Waals surface area contributed by atoms with Crippen molar-refractivity contribution in [3.05, 3.63) is 39.7 Å². The third kappa shape index (κ3) is 3.08. The zero-order valence-electron chi connectivity index (χ0n) is 12.0. The Hall–Kier alpha value is -1.66. The van der Waals surface area contributed by atoms with Gasteiger partial charge in [0.15, 0.2) is 0 Å². The number of nitrogens with one attached hydrogen (secondary N) is 1. The van der Waals surface area contributed by atoms with Gasteiger partial charge in [0.2, 0.25) is 0 Å². The van der Waals surface area contributed by atoms with Crippen LogP contribution in [-0.4, -0.2) is 18.1 Å². The van der Waals surface area contributed by atoms with E-state index in [-0.39, 0.29) is 11.5 Å². The molecule has 0 spiro atoms. The van der Waals surface area contributed by atoms with Crippen LogP contribution in [0.5, 0.6) is 0 Å². The summed E-state index contributed by atoms with van der Waals surface area (Å²) in [5, 5.41) is 6.34. The molecule has 0 radical (unpaired) electrons. The molecule has 0 atom stereocenters. The summed E-state index contributed by atoms with van der Waals surface area (Å²) in [6, 6.07) is 1.71. The maximum absolute atomic E-state index is 11.5. The van der Waals surface area contributed by atoms with Crippen molar-refractivity contribution in [3.8, 4) is 0 Å². The Labute approximate surface area is 122 Å². The van der Waals surface area contributed by atoms with Crippen molar-refractivity contribution in [2.45, 2.75) is 32.9 Å². The van der Waals surface area contributed by atoms with Crippen LogP contribution in [0.4, 0.5) is 0 Å². The van der Waals surface area contributed by atoms with Gasteiger partial charge in [0, 0.05) is 11.6 Å². The molecule has 2 rings (SSSR count). The molecule has 0 aliphatic rings. The quantitative estimate of drug-likeness (QED) is 0.859. The lowest BCUT2D eigenvalue weighted by Gasteiger charge is -2.23. The number of carbonyl (C=O) groups is 1. The average molecular weight is 294 g/mol. The van der Waals surface area contributed by atoms with Crippen LogP contribution in [-0.2, 0) is 16.8 Å². The predicted molar refractivity (Wildman–Crippen MR) is 76.8 cm³/mol. The second-order valence-electron chi connectivity index (χ2n) is 4.99. The molecule has 0 saturated carbocycles. The first-order valence-electron chi connectivity index (χ1n) is 6.26. The molecular formula is C14H18N2O3S. The number of thiazole rings is 1. The number of carbonyl (C=O) groups excluding carboxylic acids is 1. The van der Waals surface area contributed by atoms with Gasteiger partial charge in [0.25, 0.3) is 0 Å². The third-order valence-electron chi connectivity index (χ3n) is 3.05. The summed E-state index contributed by atoms with van der Waals surface area (Å²) in [5.74, 6) is 0.893. The summed E-state index contributed by atoms with van der Waals surface area (Å²) in [6.07, 6.45) is 1.79. The summed E-state index contributed by atoms with van der Waals surface area (Å²) in [6.45, 7) is 6.39. The molecule has 5 nitrogen and oxygen atoms in total. The van der Waals surface area contributed by atoms with Gasteiger partial charge in [-0.25, -0.2) is 9.78 Å². The Morgan fingerprint density at radius 2 is 2.30 bits per heavy atom. The van der Waals surface area contributed by atoms with Crippen molar-refractivity contribution in [2.75, 3.05) is 7.11 Å². The number of esters is 1. The minimum atomic E-state index is -0.378. The molecule has 108 valence electrons. The fourth-order valence-electron chi connectivity index (χ4n) is 1.86. The van der Waals surface area contributed by atoms with Crippen LogP contribution in [0.15, 0.2) is 22.1 Å². The van der Waals surface area contributed by atoms with Crippen LogP contribution in [0.3, 0.4) is 0 Å². The van der Waals surface area contributed by atoms with Gasteiger partial charge in [-0.15, -0.1) is 11.3 Å². The molecule has 2 aromatic rings. The number of aryl methyl sites for hydroxylation is 1. The van der Waals surface area contributed by atoms with Gasteiger partial charge in [-0.2, -0.15) is 0 Å². The SMILES string of the molecule is COC(=O)c1cc(CNC(C)(C)c2nccs2)oc1C. The number of aromatic nitrogens is 1. The highest BCUT2D eigenvalue weighted by Gasteiger charge is 2.23. The zero-order valence-corrected chi connectivity index (χ0v) is 12.8. The van der Waals surface area contributed by atoms with Gasteiger partial charge in [0.1, 0.15) is 22.1 Å². The topological polar surface area (TPSA) is 64.4 Å². The molecule has 0 aliphatic heterocycles. The lowest BCUT2D eigenvalue weighted by Crippen LogP contribution is -2.35. The van der Waals surface area contributed by atoms with Crippen molar-refractivity contribution in [2.24, 2.45) is 0 Å². The fourth-order valence-corrected chi connectivity index (χ4v) is 2.60. The van der Waals surface area contributed by atoms with Crippen molar-refractivity contribution in [3.63, 3.8) is 0 Å². The van der Waals surface area contributed by atoms with Crippen molar-refractivity contribution in [1.29, 1.82) is 0 Å². The van der Waals surface area contributed by atoms with E-state index in [4.69, 9.17) is 9.15 Å². The van der Waals surface area contributed by atoms with Crippen LogP contribution in [0.1, 0.15) is 40.7 Å². The van der Waals surface area contributed by atoms with Gasteiger partial charge in [-0.3, -0.25) is 5.32 Å². The Morgan fingerprint density at radius 3 is 2.90 bits per heavy atom. The van der Waals surface area contributed by atoms with E-state index < -0.39 is 0 Å². The second kappa shape index (κ2) is 5.76. The maximum Gasteiger partial charge on any atom is 0.341 e. The summed E-state index contributed by atoms with van der Waals surface area (Å²) in [5.41, 5.74) is 0.219. The van der Waals surface area contributed by atoms with Gasteiger partial charge in [0.05, 0.1) is 19.2 Å². The predicted octanol–water partition coefficient (Wildman–Crippen LogP) is 2.86. The summed E-state index contributed by atoms with van der Waals surface area (Å²) >= 11 is 1.60. The minimum absolute atomic E-state index is 0.250. The molecule has 0 fully saturated rings. The molecule has 0 amide bonds. The van der Waals surface area contributed by atoms with E-state index in [9.17, 15) is 4.79 Å². The standard InChI is InChI=1S/C14H18N2O3S/c1-9-11(12(17)18-4)7-10(19-9)8-16-14(2,3)13-15-5-6-20-13/h5-7,16H,8H2,1-4H3. The van der Waals surface area contributed by atoms with E-state index >= 15 is 0 Å². The van der Waals surface area contributed by atoms with Crippen molar-refractivity contribution >= 4 is 17.3 Å². The molecule has 2 aromatic heterocycles. The highest BCUT2D eigenvalue weighted by atomic mass is 32.1. The van der Waals surface area contributed by atoms with Gasteiger partial charge < -0.3 is 9.15 Å². The van der Waals surface area contributed by atoms with E-state index in [2.05, 4.69) is 24.1 Å². The van der Waals surface area contributed by atoms with E-state index in [0.29, 0.717) is 23.6 Å². The molecule has 6 heteroatoms. The van der Waals surface area contributed by atoms with Crippen LogP contribution in [0.2, 0.25) is 0 Å². The number of hydrogen-bond acceptors (Lipinski definition) is 6. The summed E-state index contributed by atoms with van der Waals surface area (Å²) < 4.78 is 10.3. The lowest BCUT2D eigenvalue weighted by atomic mass is 10.1. The highest BCUT2D eigenvalue weighted by Crippen LogP contribution is 2.23. The largest absolute Gasteiger partial charge is 0.465 e. The second-order valence-corrected chi connectivity index (χ2v) is 5.88. The number of nitrogens with zero attached hydrogens (tertiary/aromatic N) is 1. The molecule has 0 bridgehead atoms. The summed E-state index contributed by atoms with van der Waals surface area (Å²) in [7, 11) is 1.36. The van der Waals surface area contributed by atoms with Crippen molar-refractivity contribution < 1.29 is 13.9 Å². The highest BCUT2D eigenvalue weighted by molar-refractivity contribution is 7.09. The van der Waals surface area contributed by atoms with E-state index in [1.165, 1.54) is 7.11 Å². The van der Waals surface area contributed by atoms with Crippen molar-refractivity contribution in [1.82, 2.24) is 10.3 Å². The fraction of sp³-hybridized carbons (Fsp3) is 0.429. The molecule has 0 unspecified atom stereocenters. The molecule has 20 heavy (non-hydrogen) atoms. The number of ether oxygens (including phenoxy) is 1. The van der Waals surface area contributed by atoms with E-state index in [0.717, 1.165) is 5.01 Å². The molecule has 0 saturated heterocycles. The number of rotatable bonds is 5. The first kappa shape index (κ1) is 14.7. The normalized spacial score (nSPS) is 11.6. The monoisotopic (exact) mass is 294 g/mol. The van der Waals surface area contributed by atoms with Crippen LogP contribution < -0.4 is 5.32 Å². The van der Waals surface area contributed by atoms with Crippen LogP contribution in [0, 0.1) is 6.92 Å². The smallest absolute Gasteiger partial charge is 0.341 e. The third-order valence-corrected chi connectivity index (χ3v) is 4.14. The first-order chi connectivity index (χ1) is 9.44. The molecule has 2 heterocycles. The zero-order chi connectivity index (χ0) is 14.8. The summed E-state index contributed by atoms with van der Waals surface area (Å²) in [4.78, 5) is 15.8. The lowest BCUT2D eigenvalue weighted by molar-refractivity contribution is 0.0599. The molecule has 0 aromatic carbocycles. The maximum atomic E-state index is 11.5. The number of furan rings is 1. The number of hydrogen-bond donors (Lipinski definition) is 1. The van der Waals surface area contributed by atoms with E-state index in [1.54, 1.807) is 30.5 Å². The average Bonchev–Trinajstić information content (AvgIpc) is 3.05. The molecule has 1 N–H and O–H groups in total. The molecular weight excluding hydrogens is 276 g/mol. The van der Waals surface area contributed by atoms with Gasteiger partial charge in [-0.05, 0) is 26.8 Å². The van der Waals surface area contributed by atoms with Gasteiger partial charge >= 0.3 is 5.97 Å².